The molecule has 0 radical (unpaired) electrons. The van der Waals surface area contributed by atoms with Crippen molar-refractivity contribution in [3.63, 3.8) is 0 Å². The minimum Gasteiger partial charge on any atom is -0.340 e. The number of para-hydroxylation sites is 1. The Hall–Kier alpha value is -2.15. The van der Waals surface area contributed by atoms with E-state index in [1.165, 1.54) is 6.07 Å². The molecule has 27 heavy (non-hydrogen) atoms. The van der Waals surface area contributed by atoms with E-state index in [2.05, 4.69) is 26.9 Å². The van der Waals surface area contributed by atoms with Gasteiger partial charge in [0.1, 0.15) is 5.82 Å². The number of nitrogens with two attached hydrogens (primary N) is 1. The van der Waals surface area contributed by atoms with Crippen molar-refractivity contribution in [2.75, 3.05) is 37.6 Å². The summed E-state index contributed by atoms with van der Waals surface area (Å²) in [5.74, 6) is 0.542. The summed E-state index contributed by atoms with van der Waals surface area (Å²) in [5, 5.41) is 3.52. The van der Waals surface area contributed by atoms with Crippen LogP contribution in [0.4, 0.5) is 10.3 Å². The van der Waals surface area contributed by atoms with Crippen LogP contribution >= 0.6 is 11.6 Å². The van der Waals surface area contributed by atoms with Gasteiger partial charge in [-0.2, -0.15) is 0 Å². The van der Waals surface area contributed by atoms with E-state index in [1.807, 2.05) is 6.07 Å². The van der Waals surface area contributed by atoms with Gasteiger partial charge >= 0.3 is 0 Å². The third-order valence-corrected chi connectivity index (χ3v) is 5.27. The third kappa shape index (κ3) is 3.65. The van der Waals surface area contributed by atoms with Crippen LogP contribution in [0.1, 0.15) is 11.1 Å². The first-order valence-electron chi connectivity index (χ1n) is 9.25. The summed E-state index contributed by atoms with van der Waals surface area (Å²) < 4.78 is 15.8. The molecule has 0 aliphatic carbocycles. The molecule has 1 aliphatic heterocycles. The highest BCUT2D eigenvalue weighted by Crippen LogP contribution is 2.28. The summed E-state index contributed by atoms with van der Waals surface area (Å²) in [5.41, 5.74) is 9.95. The van der Waals surface area contributed by atoms with Crippen molar-refractivity contribution < 1.29 is 4.39 Å². The maximum Gasteiger partial charge on any atom is 0.206 e. The summed E-state index contributed by atoms with van der Waals surface area (Å²) in [6.07, 6.45) is 0.789. The topological polar surface area (TPSA) is 59.1 Å². The Morgan fingerprint density at radius 3 is 2.74 bits per heavy atom. The molecule has 0 atom stereocenters. The van der Waals surface area contributed by atoms with Gasteiger partial charge in [0, 0.05) is 26.2 Å². The van der Waals surface area contributed by atoms with Crippen molar-refractivity contribution in [1.29, 1.82) is 0 Å². The molecule has 0 spiro atoms. The van der Waals surface area contributed by atoms with Crippen LogP contribution in [0.25, 0.3) is 11.0 Å². The fourth-order valence-corrected chi connectivity index (χ4v) is 3.84. The molecule has 1 fully saturated rings. The fraction of sp³-hybridized carbons (Fsp3) is 0.350. The van der Waals surface area contributed by atoms with E-state index in [1.54, 1.807) is 12.1 Å². The Morgan fingerprint density at radius 2 is 2.00 bits per heavy atom. The number of nitrogens with one attached hydrogen (secondary N) is 1. The van der Waals surface area contributed by atoms with Crippen LogP contribution in [0.15, 0.2) is 36.4 Å². The molecule has 142 valence electrons. The molecule has 0 saturated carbocycles. The summed E-state index contributed by atoms with van der Waals surface area (Å²) in [6.45, 7) is 4.84. The number of fused-ring (bicyclic) bond motifs is 1. The first-order valence-corrected chi connectivity index (χ1v) is 9.63. The Morgan fingerprint density at radius 1 is 1.19 bits per heavy atom. The highest BCUT2D eigenvalue weighted by atomic mass is 35.5. The van der Waals surface area contributed by atoms with E-state index in [0.29, 0.717) is 13.1 Å². The van der Waals surface area contributed by atoms with Crippen LogP contribution in [0.2, 0.25) is 5.02 Å². The fourth-order valence-electron chi connectivity index (χ4n) is 3.63. The largest absolute Gasteiger partial charge is 0.340 e. The van der Waals surface area contributed by atoms with Gasteiger partial charge in [-0.3, -0.25) is 0 Å². The average molecular weight is 388 g/mol. The number of halogens is 2. The molecule has 4 rings (SSSR count). The molecule has 5 nitrogen and oxygen atoms in total. The van der Waals surface area contributed by atoms with Gasteiger partial charge in [0.05, 0.1) is 22.6 Å². The highest BCUT2D eigenvalue weighted by molar-refractivity contribution is 6.30. The number of piperazine rings is 1. The zero-order valence-electron chi connectivity index (χ0n) is 15.1. The minimum absolute atomic E-state index is 0.143. The van der Waals surface area contributed by atoms with Gasteiger partial charge in [-0.1, -0.05) is 29.8 Å². The molecular formula is C20H23ClFN5. The lowest BCUT2D eigenvalue weighted by atomic mass is 10.1. The van der Waals surface area contributed by atoms with E-state index in [4.69, 9.17) is 22.3 Å². The highest BCUT2D eigenvalue weighted by Gasteiger charge is 2.20. The normalized spacial score (nSPS) is 14.9. The molecule has 0 unspecified atom stereocenters. The van der Waals surface area contributed by atoms with Crippen molar-refractivity contribution in [2.45, 2.75) is 13.0 Å². The van der Waals surface area contributed by atoms with Gasteiger partial charge in [-0.15, -0.1) is 0 Å². The van der Waals surface area contributed by atoms with Gasteiger partial charge in [-0.05, 0) is 42.3 Å². The smallest absolute Gasteiger partial charge is 0.206 e. The molecular weight excluding hydrogens is 365 g/mol. The van der Waals surface area contributed by atoms with Gasteiger partial charge in [-0.25, -0.2) is 9.37 Å². The maximum atomic E-state index is 13.6. The lowest BCUT2D eigenvalue weighted by Gasteiger charge is -2.29. The number of rotatable bonds is 5. The van der Waals surface area contributed by atoms with E-state index in [0.717, 1.165) is 60.7 Å². The second kappa shape index (κ2) is 7.84. The number of hydrogen-bond donors (Lipinski definition) is 2. The summed E-state index contributed by atoms with van der Waals surface area (Å²) in [4.78, 5) is 7.29. The monoisotopic (exact) mass is 387 g/mol. The maximum absolute atomic E-state index is 13.6. The van der Waals surface area contributed by atoms with Crippen molar-refractivity contribution in [3.05, 3.63) is 58.4 Å². The molecule has 0 bridgehead atoms. The molecule has 3 aromatic rings. The molecule has 3 N–H and O–H groups in total. The lowest BCUT2D eigenvalue weighted by molar-refractivity contribution is 0.571. The second-order valence-electron chi connectivity index (χ2n) is 6.81. The summed E-state index contributed by atoms with van der Waals surface area (Å²) in [6, 6.07) is 11.1. The molecule has 2 heterocycles. The third-order valence-electron chi connectivity index (χ3n) is 4.98. The van der Waals surface area contributed by atoms with E-state index >= 15 is 0 Å². The number of hydrogen-bond acceptors (Lipinski definition) is 4. The van der Waals surface area contributed by atoms with E-state index < -0.39 is 5.82 Å². The van der Waals surface area contributed by atoms with Gasteiger partial charge in [0.25, 0.3) is 0 Å². The van der Waals surface area contributed by atoms with Crippen LogP contribution < -0.4 is 16.0 Å². The standard InChI is InChI=1S/C20H23ClFN5/c21-16-12-14(4-5-17(16)22)13-27-18-3-1-2-15(6-7-23)19(18)25-20(27)26-10-8-24-9-11-26/h1-5,12,24H,6-11,13,23H2. The Labute approximate surface area is 162 Å². The molecule has 0 amide bonds. The number of imidazole rings is 1. The van der Waals surface area contributed by atoms with Crippen molar-refractivity contribution >= 4 is 28.6 Å². The predicted octanol–water partition coefficient (Wildman–Crippen LogP) is 2.79. The molecule has 1 aromatic heterocycles. The summed E-state index contributed by atoms with van der Waals surface area (Å²) in [7, 11) is 0. The number of benzene rings is 2. The first-order chi connectivity index (χ1) is 13.2. The number of anilines is 1. The quantitative estimate of drug-likeness (QED) is 0.706. The van der Waals surface area contributed by atoms with E-state index in [-0.39, 0.29) is 5.02 Å². The minimum atomic E-state index is -0.400. The Balaban J connectivity index is 1.82. The summed E-state index contributed by atoms with van der Waals surface area (Å²) >= 11 is 5.99. The van der Waals surface area contributed by atoms with Gasteiger partial charge in [0.2, 0.25) is 5.95 Å². The predicted molar refractivity (Wildman–Crippen MR) is 108 cm³/mol. The number of aromatic nitrogens is 2. The van der Waals surface area contributed by atoms with Crippen LogP contribution in [-0.4, -0.2) is 42.3 Å². The zero-order chi connectivity index (χ0) is 18.8. The van der Waals surface area contributed by atoms with Crippen molar-refractivity contribution in [1.82, 2.24) is 14.9 Å². The van der Waals surface area contributed by atoms with Crippen molar-refractivity contribution in [2.24, 2.45) is 5.73 Å². The zero-order valence-corrected chi connectivity index (χ0v) is 15.8. The van der Waals surface area contributed by atoms with Gasteiger partial charge in [0.15, 0.2) is 0 Å². The van der Waals surface area contributed by atoms with Crippen LogP contribution in [0.5, 0.6) is 0 Å². The average Bonchev–Trinajstić information content (AvgIpc) is 3.05. The van der Waals surface area contributed by atoms with Crippen molar-refractivity contribution in [3.8, 4) is 0 Å². The van der Waals surface area contributed by atoms with Crippen LogP contribution in [0, 0.1) is 5.82 Å². The second-order valence-corrected chi connectivity index (χ2v) is 7.21. The Kier molecular flexibility index (Phi) is 5.29. The van der Waals surface area contributed by atoms with Crippen LogP contribution in [0.3, 0.4) is 0 Å². The molecule has 7 heteroatoms. The van der Waals surface area contributed by atoms with Crippen LogP contribution in [-0.2, 0) is 13.0 Å². The molecule has 1 aliphatic rings. The molecule has 1 saturated heterocycles. The van der Waals surface area contributed by atoms with Gasteiger partial charge < -0.3 is 20.5 Å². The lowest BCUT2D eigenvalue weighted by Crippen LogP contribution is -2.44. The SMILES string of the molecule is NCCc1cccc2c1nc(N1CCNCC1)n2Cc1ccc(F)c(Cl)c1. The number of nitrogens with zero attached hydrogens (tertiary/aromatic N) is 3. The Bertz CT molecular complexity index is 949. The molecule has 2 aromatic carbocycles. The first kappa shape index (κ1) is 18.2. The van der Waals surface area contributed by atoms with E-state index in [9.17, 15) is 4.39 Å².